The third-order valence-electron chi connectivity index (χ3n) is 8.39. The first-order chi connectivity index (χ1) is 22.4. The molecule has 2 amide bonds. The van der Waals surface area contributed by atoms with Crippen LogP contribution in [-0.2, 0) is 29.2 Å². The second-order valence-corrected chi connectivity index (χ2v) is 12.1. The highest BCUT2D eigenvalue weighted by atomic mass is 35.5. The fourth-order valence-electron chi connectivity index (χ4n) is 6.00. The topological polar surface area (TPSA) is 93.9 Å². The highest BCUT2D eigenvalue weighted by molar-refractivity contribution is 6.40. The summed E-state index contributed by atoms with van der Waals surface area (Å²) in [7, 11) is 0. The molecule has 10 heteroatoms. The molecule has 1 aromatic heterocycles. The molecule has 2 aliphatic rings. The molecule has 0 radical (unpaired) electrons. The van der Waals surface area contributed by atoms with Crippen LogP contribution < -0.4 is 0 Å². The van der Waals surface area contributed by atoms with Crippen LogP contribution in [0.4, 0.5) is 0 Å². The Morgan fingerprint density at radius 1 is 0.783 bits per heavy atom. The normalized spacial score (nSPS) is 19.5. The molecule has 3 heterocycles. The summed E-state index contributed by atoms with van der Waals surface area (Å²) in [6.07, 6.45) is 0.942. The fourth-order valence-corrected chi connectivity index (χ4v) is 6.32. The van der Waals surface area contributed by atoms with E-state index in [1.165, 1.54) is 4.90 Å². The standard InChI is InChI=1S/C36H29Cl2N3O5/c37-32-33(38)40(21-39-32)19-28-17-31(24-13-11-22(20-42)12-14-24)46-36(45-28)27-8-4-7-26(16-27)25-6-3-5-23(15-25)18-41-34(43)29-9-1-2-10-30(29)35(41)44/h1-16,21,28,31,36,42H,17-20H2/t28-,31+,36+/m0/s1. The van der Waals surface area contributed by atoms with Crippen molar-refractivity contribution >= 4 is 35.0 Å². The van der Waals surface area contributed by atoms with Gasteiger partial charge in [0.2, 0.25) is 0 Å². The summed E-state index contributed by atoms with van der Waals surface area (Å²) in [6, 6.07) is 30.4. The van der Waals surface area contributed by atoms with E-state index in [9.17, 15) is 14.7 Å². The molecule has 232 valence electrons. The highest BCUT2D eigenvalue weighted by Gasteiger charge is 2.35. The molecule has 7 rings (SSSR count). The first-order valence-corrected chi connectivity index (χ1v) is 15.6. The number of amides is 2. The Labute approximate surface area is 275 Å². The van der Waals surface area contributed by atoms with E-state index < -0.39 is 6.29 Å². The summed E-state index contributed by atoms with van der Waals surface area (Å²) in [5.41, 5.74) is 6.20. The number of carbonyl (C=O) groups is 2. The largest absolute Gasteiger partial charge is 0.392 e. The Morgan fingerprint density at radius 2 is 1.48 bits per heavy atom. The quantitative estimate of drug-likeness (QED) is 0.176. The molecule has 4 aromatic carbocycles. The number of rotatable bonds is 8. The van der Waals surface area contributed by atoms with Crippen molar-refractivity contribution in [2.75, 3.05) is 0 Å². The molecule has 0 spiro atoms. The lowest BCUT2D eigenvalue weighted by molar-refractivity contribution is -0.252. The molecule has 0 saturated carbocycles. The SMILES string of the molecule is O=C1c2ccccc2C(=O)N1Cc1cccc(-c2cccc([C@@H]3O[C@H](Cn4cnc(Cl)c4Cl)C[C@H](c4ccc(CO)cc4)O3)c2)c1. The van der Waals surface area contributed by atoms with Gasteiger partial charge in [-0.15, -0.1) is 0 Å². The number of carbonyl (C=O) groups excluding carboxylic acids is 2. The van der Waals surface area contributed by atoms with E-state index in [0.29, 0.717) is 29.2 Å². The van der Waals surface area contributed by atoms with Gasteiger partial charge in [-0.3, -0.25) is 14.5 Å². The summed E-state index contributed by atoms with van der Waals surface area (Å²) in [4.78, 5) is 31.3. The van der Waals surface area contributed by atoms with Crippen molar-refractivity contribution in [2.24, 2.45) is 0 Å². The van der Waals surface area contributed by atoms with Crippen LogP contribution in [0, 0.1) is 0 Å². The van der Waals surface area contributed by atoms with Crippen LogP contribution in [0.15, 0.2) is 103 Å². The summed E-state index contributed by atoms with van der Waals surface area (Å²) in [5.74, 6) is -0.567. The summed E-state index contributed by atoms with van der Waals surface area (Å²) in [5, 5.41) is 10.1. The smallest absolute Gasteiger partial charge is 0.261 e. The molecule has 46 heavy (non-hydrogen) atoms. The number of benzene rings is 4. The zero-order valence-electron chi connectivity index (χ0n) is 24.6. The lowest BCUT2D eigenvalue weighted by atomic mass is 9.98. The maximum atomic E-state index is 13.0. The third-order valence-corrected chi connectivity index (χ3v) is 9.16. The highest BCUT2D eigenvalue weighted by Crippen LogP contribution is 2.40. The maximum Gasteiger partial charge on any atom is 0.261 e. The van der Waals surface area contributed by atoms with Crippen LogP contribution in [0.5, 0.6) is 0 Å². The van der Waals surface area contributed by atoms with Crippen LogP contribution in [0.3, 0.4) is 0 Å². The average Bonchev–Trinajstić information content (AvgIpc) is 3.54. The third kappa shape index (κ3) is 5.98. The van der Waals surface area contributed by atoms with E-state index in [1.54, 1.807) is 35.2 Å². The van der Waals surface area contributed by atoms with Crippen molar-refractivity contribution in [3.63, 3.8) is 0 Å². The minimum absolute atomic E-state index is 0.0354. The molecule has 1 fully saturated rings. The van der Waals surface area contributed by atoms with Crippen molar-refractivity contribution in [2.45, 2.75) is 44.6 Å². The minimum atomic E-state index is -0.680. The van der Waals surface area contributed by atoms with Crippen LogP contribution in [-0.4, -0.2) is 37.5 Å². The number of aliphatic hydroxyl groups excluding tert-OH is 1. The number of aromatic nitrogens is 2. The number of hydrogen-bond donors (Lipinski definition) is 1. The number of hydrogen-bond acceptors (Lipinski definition) is 6. The Hall–Kier alpha value is -4.31. The molecule has 0 bridgehead atoms. The second-order valence-electron chi connectivity index (χ2n) is 11.4. The molecule has 1 saturated heterocycles. The lowest BCUT2D eigenvalue weighted by Crippen LogP contribution is -2.32. The predicted molar refractivity (Wildman–Crippen MR) is 173 cm³/mol. The molecular weight excluding hydrogens is 625 g/mol. The zero-order chi connectivity index (χ0) is 31.8. The van der Waals surface area contributed by atoms with Gasteiger partial charge in [0.05, 0.1) is 49.4 Å². The zero-order valence-corrected chi connectivity index (χ0v) is 26.1. The van der Waals surface area contributed by atoms with Gasteiger partial charge in [-0.1, -0.05) is 96.0 Å². The summed E-state index contributed by atoms with van der Waals surface area (Å²) >= 11 is 12.5. The van der Waals surface area contributed by atoms with Crippen LogP contribution in [0.25, 0.3) is 11.1 Å². The fraction of sp³-hybridized carbons (Fsp3) is 0.194. The first-order valence-electron chi connectivity index (χ1n) is 14.9. The van der Waals surface area contributed by atoms with E-state index in [4.69, 9.17) is 32.7 Å². The van der Waals surface area contributed by atoms with Crippen molar-refractivity contribution in [1.82, 2.24) is 14.5 Å². The van der Waals surface area contributed by atoms with E-state index in [2.05, 4.69) is 4.98 Å². The molecule has 5 aromatic rings. The maximum absolute atomic E-state index is 13.0. The van der Waals surface area contributed by atoms with Crippen molar-refractivity contribution in [3.05, 3.63) is 147 Å². The first kappa shape index (κ1) is 30.3. The van der Waals surface area contributed by atoms with E-state index >= 15 is 0 Å². The van der Waals surface area contributed by atoms with Gasteiger partial charge in [0.1, 0.15) is 5.15 Å². The number of imide groups is 1. The van der Waals surface area contributed by atoms with Crippen molar-refractivity contribution in [1.29, 1.82) is 0 Å². The number of fused-ring (bicyclic) bond motifs is 1. The van der Waals surface area contributed by atoms with Crippen LogP contribution >= 0.6 is 23.2 Å². The lowest BCUT2D eigenvalue weighted by Gasteiger charge is -2.36. The van der Waals surface area contributed by atoms with E-state index in [-0.39, 0.29) is 42.3 Å². The number of aliphatic hydroxyl groups is 1. The van der Waals surface area contributed by atoms with Gasteiger partial charge in [-0.25, -0.2) is 4.98 Å². The number of halogens is 2. The van der Waals surface area contributed by atoms with Gasteiger partial charge >= 0.3 is 0 Å². The van der Waals surface area contributed by atoms with Gasteiger partial charge in [0, 0.05) is 12.0 Å². The van der Waals surface area contributed by atoms with Gasteiger partial charge < -0.3 is 19.1 Å². The Kier molecular flexibility index (Phi) is 8.46. The average molecular weight is 655 g/mol. The molecule has 0 unspecified atom stereocenters. The van der Waals surface area contributed by atoms with Crippen molar-refractivity contribution < 1.29 is 24.2 Å². The number of nitrogens with zero attached hydrogens (tertiary/aromatic N) is 3. The Bertz CT molecular complexity index is 1890. The van der Waals surface area contributed by atoms with Gasteiger partial charge in [0.25, 0.3) is 11.8 Å². The molecule has 0 aliphatic carbocycles. The summed E-state index contributed by atoms with van der Waals surface area (Å²) in [6.45, 7) is 0.573. The molecule has 8 nitrogen and oxygen atoms in total. The van der Waals surface area contributed by atoms with E-state index in [1.807, 2.05) is 72.8 Å². The molecule has 2 aliphatic heterocycles. The molecule has 1 N–H and O–H groups in total. The van der Waals surface area contributed by atoms with Crippen molar-refractivity contribution in [3.8, 4) is 11.1 Å². The van der Waals surface area contributed by atoms with Crippen LogP contribution in [0.2, 0.25) is 10.3 Å². The van der Waals surface area contributed by atoms with Crippen LogP contribution in [0.1, 0.15) is 61.8 Å². The van der Waals surface area contributed by atoms with E-state index in [0.717, 1.165) is 33.4 Å². The minimum Gasteiger partial charge on any atom is -0.392 e. The summed E-state index contributed by atoms with van der Waals surface area (Å²) < 4.78 is 14.8. The predicted octanol–water partition coefficient (Wildman–Crippen LogP) is 7.39. The number of ether oxygens (including phenoxy) is 2. The van der Waals surface area contributed by atoms with Gasteiger partial charge in [-0.2, -0.15) is 0 Å². The molecular formula is C36H29Cl2N3O5. The number of imidazole rings is 1. The Morgan fingerprint density at radius 3 is 2.15 bits per heavy atom. The van der Waals surface area contributed by atoms with Gasteiger partial charge in [-0.05, 0) is 52.1 Å². The second kappa shape index (κ2) is 12.8. The Balaban J connectivity index is 1.14. The monoisotopic (exact) mass is 653 g/mol. The molecule has 3 atom stereocenters. The van der Waals surface area contributed by atoms with Gasteiger partial charge in [0.15, 0.2) is 11.4 Å².